The number of ether oxygens (including phenoxy) is 1. The van der Waals surface area contributed by atoms with E-state index in [1.165, 1.54) is 0 Å². The van der Waals surface area contributed by atoms with Gasteiger partial charge in [0, 0.05) is 12.6 Å². The van der Waals surface area contributed by atoms with Crippen molar-refractivity contribution in [2.24, 2.45) is 11.3 Å². The summed E-state index contributed by atoms with van der Waals surface area (Å²) in [7, 11) is -3.75. The Morgan fingerprint density at radius 2 is 1.83 bits per heavy atom. The van der Waals surface area contributed by atoms with E-state index in [0.717, 1.165) is 5.56 Å². The molecule has 0 bridgehead atoms. The number of amides is 1. The molecule has 2 aromatic carbocycles. The summed E-state index contributed by atoms with van der Waals surface area (Å²) in [4.78, 5) is 15.1. The van der Waals surface area contributed by atoms with Gasteiger partial charge in [-0.25, -0.2) is 8.42 Å². The molecular formula is C23H30N2O4S. The predicted molar refractivity (Wildman–Crippen MR) is 120 cm³/mol. The molecule has 0 unspecified atom stereocenters. The summed E-state index contributed by atoms with van der Waals surface area (Å²) in [6, 6.07) is 10.4. The molecule has 7 heteroatoms. The van der Waals surface area contributed by atoms with Crippen LogP contribution in [0.1, 0.15) is 38.8 Å². The fraction of sp³-hybridized carbons (Fsp3) is 0.435. The van der Waals surface area contributed by atoms with E-state index in [-0.39, 0.29) is 23.3 Å². The Labute approximate surface area is 179 Å². The Morgan fingerprint density at radius 3 is 2.50 bits per heavy atom. The van der Waals surface area contributed by atoms with Gasteiger partial charge in [-0.2, -0.15) is 0 Å². The van der Waals surface area contributed by atoms with E-state index in [1.807, 2.05) is 26.8 Å². The van der Waals surface area contributed by atoms with E-state index in [9.17, 15) is 13.2 Å². The summed E-state index contributed by atoms with van der Waals surface area (Å²) in [6.45, 7) is 12.2. The summed E-state index contributed by atoms with van der Waals surface area (Å²) >= 11 is 0. The van der Waals surface area contributed by atoms with E-state index in [2.05, 4.69) is 18.6 Å². The first-order chi connectivity index (χ1) is 13.9. The topological polar surface area (TPSA) is 75.7 Å². The number of nitrogens with one attached hydrogen (secondary N) is 1. The van der Waals surface area contributed by atoms with Crippen molar-refractivity contribution in [3.8, 4) is 5.75 Å². The first-order valence-corrected chi connectivity index (χ1v) is 11.6. The van der Waals surface area contributed by atoms with Gasteiger partial charge >= 0.3 is 0 Å². The smallest absolute Gasteiger partial charge is 0.262 e. The van der Waals surface area contributed by atoms with Gasteiger partial charge in [0.05, 0.1) is 21.7 Å². The number of anilines is 2. The third kappa shape index (κ3) is 4.46. The van der Waals surface area contributed by atoms with E-state index < -0.39 is 15.4 Å². The fourth-order valence-corrected chi connectivity index (χ4v) is 4.84. The molecule has 0 atom stereocenters. The van der Waals surface area contributed by atoms with Crippen molar-refractivity contribution < 1.29 is 17.9 Å². The van der Waals surface area contributed by atoms with Crippen molar-refractivity contribution in [3.63, 3.8) is 0 Å². The molecule has 0 fully saturated rings. The fourth-order valence-electron chi connectivity index (χ4n) is 3.46. The maximum atomic E-state index is 13.1. The first-order valence-electron chi connectivity index (χ1n) is 10.1. The van der Waals surface area contributed by atoms with Gasteiger partial charge in [-0.05, 0) is 62.9 Å². The number of hydrogen-bond acceptors (Lipinski definition) is 4. The second kappa shape index (κ2) is 7.95. The molecule has 1 aliphatic rings. The zero-order chi connectivity index (χ0) is 22.3. The molecule has 3 rings (SSSR count). The zero-order valence-electron chi connectivity index (χ0n) is 18.4. The maximum Gasteiger partial charge on any atom is 0.262 e. The first kappa shape index (κ1) is 22.2. The van der Waals surface area contributed by atoms with E-state index in [4.69, 9.17) is 4.74 Å². The molecule has 1 N–H and O–H groups in total. The lowest BCUT2D eigenvalue weighted by Crippen LogP contribution is -2.43. The molecule has 1 amide bonds. The van der Waals surface area contributed by atoms with Gasteiger partial charge in [0.2, 0.25) is 5.91 Å². The Hall–Kier alpha value is -2.54. The minimum Gasteiger partial charge on any atom is -0.490 e. The van der Waals surface area contributed by atoms with Crippen molar-refractivity contribution in [2.45, 2.75) is 46.4 Å². The highest BCUT2D eigenvalue weighted by molar-refractivity contribution is 7.92. The van der Waals surface area contributed by atoms with Crippen molar-refractivity contribution in [2.75, 3.05) is 22.8 Å². The Balaban J connectivity index is 1.98. The van der Waals surface area contributed by atoms with Gasteiger partial charge in [-0.15, -0.1) is 0 Å². The molecule has 0 saturated heterocycles. The molecule has 1 heterocycles. The minimum atomic E-state index is -3.75. The lowest BCUT2D eigenvalue weighted by molar-refractivity contribution is -0.127. The van der Waals surface area contributed by atoms with Crippen LogP contribution in [0.2, 0.25) is 0 Å². The monoisotopic (exact) mass is 430 g/mol. The third-order valence-corrected chi connectivity index (χ3v) is 6.62. The van der Waals surface area contributed by atoms with Crippen molar-refractivity contribution in [1.82, 2.24) is 0 Å². The van der Waals surface area contributed by atoms with Gasteiger partial charge in [-0.3, -0.25) is 9.52 Å². The van der Waals surface area contributed by atoms with Gasteiger partial charge in [0.25, 0.3) is 10.0 Å². The molecule has 2 aromatic rings. The van der Waals surface area contributed by atoms with E-state index >= 15 is 0 Å². The minimum absolute atomic E-state index is 0.00123. The zero-order valence-corrected chi connectivity index (χ0v) is 19.3. The summed E-state index contributed by atoms with van der Waals surface area (Å²) in [5.41, 5.74) is 1.93. The number of carbonyl (C=O) groups excluding carboxylic acids is 1. The van der Waals surface area contributed by atoms with Gasteiger partial charge < -0.3 is 9.64 Å². The summed E-state index contributed by atoms with van der Waals surface area (Å²) in [5.74, 6) is 0.771. The average Bonchev–Trinajstić information content (AvgIpc) is 2.73. The van der Waals surface area contributed by atoms with Crippen LogP contribution in [0.3, 0.4) is 0 Å². The largest absolute Gasteiger partial charge is 0.490 e. The van der Waals surface area contributed by atoms with Gasteiger partial charge in [0.15, 0.2) is 0 Å². The summed E-state index contributed by atoms with van der Waals surface area (Å²) in [6.07, 6.45) is 0. The van der Waals surface area contributed by atoms with E-state index in [0.29, 0.717) is 29.2 Å². The van der Waals surface area contributed by atoms with Crippen LogP contribution in [0.4, 0.5) is 11.4 Å². The third-order valence-electron chi connectivity index (χ3n) is 5.10. The number of benzene rings is 2. The molecule has 30 heavy (non-hydrogen) atoms. The molecule has 162 valence electrons. The molecule has 0 radical (unpaired) electrons. The number of sulfonamides is 1. The summed E-state index contributed by atoms with van der Waals surface area (Å²) in [5, 5.41) is 0. The summed E-state index contributed by atoms with van der Waals surface area (Å²) < 4.78 is 34.5. The number of hydrogen-bond donors (Lipinski definition) is 1. The molecule has 0 spiro atoms. The van der Waals surface area contributed by atoms with E-state index in [1.54, 1.807) is 42.2 Å². The van der Waals surface area contributed by atoms with Crippen molar-refractivity contribution in [3.05, 3.63) is 47.5 Å². The highest BCUT2D eigenvalue weighted by atomic mass is 32.2. The molecule has 1 aliphatic heterocycles. The second-order valence-corrected chi connectivity index (χ2v) is 10.7. The lowest BCUT2D eigenvalue weighted by Gasteiger charge is -2.29. The Bertz CT molecular complexity index is 1070. The Kier molecular flexibility index (Phi) is 5.87. The lowest BCUT2D eigenvalue weighted by atomic mass is 9.92. The predicted octanol–water partition coefficient (Wildman–Crippen LogP) is 4.51. The number of aryl methyl sites for hydroxylation is 2. The molecule has 0 aromatic heterocycles. The van der Waals surface area contributed by atoms with Crippen LogP contribution in [-0.4, -0.2) is 27.5 Å². The van der Waals surface area contributed by atoms with Gasteiger partial charge in [-0.1, -0.05) is 26.0 Å². The number of carbonyl (C=O) groups is 1. The average molecular weight is 431 g/mol. The Morgan fingerprint density at radius 1 is 1.13 bits per heavy atom. The number of rotatable bonds is 5. The van der Waals surface area contributed by atoms with Crippen LogP contribution in [0.5, 0.6) is 5.75 Å². The molecular weight excluding hydrogens is 400 g/mol. The van der Waals surface area contributed by atoms with Gasteiger partial charge in [0.1, 0.15) is 12.4 Å². The molecule has 6 nitrogen and oxygen atoms in total. The second-order valence-electron chi connectivity index (χ2n) is 9.04. The van der Waals surface area contributed by atoms with Crippen LogP contribution in [0.25, 0.3) is 0 Å². The quantitative estimate of drug-likeness (QED) is 0.757. The van der Waals surface area contributed by atoms with Crippen molar-refractivity contribution in [1.29, 1.82) is 0 Å². The number of fused-ring (bicyclic) bond motifs is 1. The highest BCUT2D eigenvalue weighted by Gasteiger charge is 2.38. The molecule has 0 aliphatic carbocycles. The van der Waals surface area contributed by atoms with Crippen LogP contribution in [-0.2, 0) is 14.8 Å². The maximum absolute atomic E-state index is 13.1. The van der Waals surface area contributed by atoms with Crippen LogP contribution >= 0.6 is 0 Å². The normalized spacial score (nSPS) is 16.1. The highest BCUT2D eigenvalue weighted by Crippen LogP contribution is 2.39. The van der Waals surface area contributed by atoms with Crippen LogP contribution in [0.15, 0.2) is 41.3 Å². The van der Waals surface area contributed by atoms with Crippen LogP contribution < -0.4 is 14.4 Å². The van der Waals surface area contributed by atoms with Crippen LogP contribution in [0, 0.1) is 25.2 Å². The molecule has 0 saturated carbocycles. The number of nitrogens with zero attached hydrogens (tertiary/aromatic N) is 1. The SMILES string of the molecule is Cc1ccc(C)c(S(=O)(=O)Nc2ccc3c(c2)OCC(C)(C)C(=O)N3CC(C)C)c1. The van der Waals surface area contributed by atoms with Crippen molar-refractivity contribution >= 4 is 27.3 Å². The standard InChI is InChI=1S/C23H30N2O4S/c1-15(2)13-25-19-10-9-18(12-20(19)29-14-23(5,6)22(25)26)24-30(27,28)21-11-16(3)7-8-17(21)4/h7-12,15,24H,13-14H2,1-6H3.